The number of fused-ring (bicyclic) bond motifs is 1. The number of benzene rings is 1. The van der Waals surface area contributed by atoms with Crippen LogP contribution >= 0.6 is 0 Å². The van der Waals surface area contributed by atoms with Gasteiger partial charge in [-0.3, -0.25) is 9.69 Å². The van der Waals surface area contributed by atoms with Gasteiger partial charge in [0.15, 0.2) is 11.5 Å². The Morgan fingerprint density at radius 3 is 2.42 bits per heavy atom. The number of rotatable bonds is 6. The van der Waals surface area contributed by atoms with Gasteiger partial charge >= 0.3 is 0 Å². The van der Waals surface area contributed by atoms with Gasteiger partial charge in [0.2, 0.25) is 5.91 Å². The molecule has 3 heterocycles. The van der Waals surface area contributed by atoms with Gasteiger partial charge in [-0.15, -0.1) is 0 Å². The molecule has 3 aliphatic heterocycles. The molecular weight excluding hydrogens is 390 g/mol. The molecule has 0 bridgehead atoms. The molecule has 0 spiro atoms. The first-order valence-corrected chi connectivity index (χ1v) is 12.3. The summed E-state index contributed by atoms with van der Waals surface area (Å²) in [5.74, 6) is 1.82. The summed E-state index contributed by atoms with van der Waals surface area (Å²) in [4.78, 5) is 16.0. The fraction of sp³-hybridized carbons (Fsp3) is 0.720. The number of hydrogen-bond donors (Lipinski definition) is 1. The highest BCUT2D eigenvalue weighted by atomic mass is 16.6. The standard InChI is InChI=1S/C15H21NO2.C10H18N2O/c1-2-8-16(7-1)9-3-4-13-5-6-14-15(12-13)18-11-10-17-14;11-10(13)8-5-6-12(7-8)9-3-1-2-4-9/h5-6,12H,1-4,7-11H2;8-9H,1-7H2,(H2,11,13). The number of hydrogen-bond acceptors (Lipinski definition) is 5. The molecule has 2 N–H and O–H groups in total. The van der Waals surface area contributed by atoms with Crippen molar-refractivity contribution in [3.05, 3.63) is 23.8 Å². The normalized spacial score (nSPS) is 24.2. The number of primary amides is 1. The second-order valence-corrected chi connectivity index (χ2v) is 9.45. The van der Waals surface area contributed by atoms with Crippen LogP contribution in [0.15, 0.2) is 18.2 Å². The van der Waals surface area contributed by atoms with E-state index in [1.165, 1.54) is 70.1 Å². The lowest BCUT2D eigenvalue weighted by atomic mass is 10.1. The molecule has 6 heteroatoms. The van der Waals surface area contributed by atoms with Gasteiger partial charge in [0, 0.05) is 12.6 Å². The quantitative estimate of drug-likeness (QED) is 0.752. The van der Waals surface area contributed by atoms with Crippen LogP contribution in [0.4, 0.5) is 0 Å². The second-order valence-electron chi connectivity index (χ2n) is 9.45. The minimum Gasteiger partial charge on any atom is -0.486 e. The first kappa shape index (κ1) is 22.4. The topological polar surface area (TPSA) is 68.0 Å². The monoisotopic (exact) mass is 429 g/mol. The van der Waals surface area contributed by atoms with Crippen LogP contribution in [-0.2, 0) is 11.2 Å². The molecule has 1 amide bonds. The Morgan fingerprint density at radius 1 is 0.968 bits per heavy atom. The fourth-order valence-corrected chi connectivity index (χ4v) is 5.38. The Morgan fingerprint density at radius 2 is 1.71 bits per heavy atom. The lowest BCUT2D eigenvalue weighted by molar-refractivity contribution is -0.121. The summed E-state index contributed by atoms with van der Waals surface area (Å²) in [5, 5.41) is 0. The number of amides is 1. The molecule has 4 aliphatic rings. The van der Waals surface area contributed by atoms with Crippen LogP contribution in [0, 0.1) is 5.92 Å². The molecular formula is C25H39N3O3. The van der Waals surface area contributed by atoms with E-state index in [9.17, 15) is 4.79 Å². The summed E-state index contributed by atoms with van der Waals surface area (Å²) in [7, 11) is 0. The van der Waals surface area contributed by atoms with E-state index < -0.39 is 0 Å². The molecule has 1 unspecified atom stereocenters. The number of carbonyl (C=O) groups is 1. The molecule has 5 rings (SSSR count). The average molecular weight is 430 g/mol. The SMILES string of the molecule is NC(=O)C1CCN(C2CCCC2)C1.c1cc2c(cc1CCCN1CCCC1)OCCO2. The third kappa shape index (κ3) is 6.36. The fourth-order valence-electron chi connectivity index (χ4n) is 5.38. The van der Waals surface area contributed by atoms with Crippen LogP contribution < -0.4 is 15.2 Å². The molecule has 1 saturated carbocycles. The van der Waals surface area contributed by atoms with Gasteiger partial charge in [-0.2, -0.15) is 0 Å². The lowest BCUT2D eigenvalue weighted by Gasteiger charge is -2.22. The van der Waals surface area contributed by atoms with Crippen LogP contribution in [-0.4, -0.2) is 67.7 Å². The van der Waals surface area contributed by atoms with Crippen LogP contribution in [0.3, 0.4) is 0 Å². The van der Waals surface area contributed by atoms with Crippen LogP contribution in [0.25, 0.3) is 0 Å². The first-order valence-electron chi connectivity index (χ1n) is 12.3. The van der Waals surface area contributed by atoms with E-state index in [2.05, 4.69) is 21.9 Å². The number of ether oxygens (including phenoxy) is 2. The van der Waals surface area contributed by atoms with Crippen molar-refractivity contribution >= 4 is 5.91 Å². The van der Waals surface area contributed by atoms with Crippen LogP contribution in [0.2, 0.25) is 0 Å². The Hall–Kier alpha value is -1.79. The van der Waals surface area contributed by atoms with Gasteiger partial charge in [-0.25, -0.2) is 0 Å². The molecule has 31 heavy (non-hydrogen) atoms. The molecule has 0 radical (unpaired) electrons. The van der Waals surface area contributed by atoms with Crippen molar-refractivity contribution in [3.63, 3.8) is 0 Å². The molecule has 2 saturated heterocycles. The van der Waals surface area contributed by atoms with Crippen molar-refractivity contribution in [2.75, 3.05) is 45.9 Å². The predicted molar refractivity (Wildman–Crippen MR) is 123 cm³/mol. The average Bonchev–Trinajstić information content (AvgIpc) is 3.56. The van der Waals surface area contributed by atoms with E-state index in [0.717, 1.165) is 43.5 Å². The second kappa shape index (κ2) is 11.2. The zero-order valence-electron chi connectivity index (χ0n) is 18.9. The Bertz CT molecular complexity index is 714. The number of nitrogens with zero attached hydrogens (tertiary/aromatic N) is 2. The minimum atomic E-state index is -0.111. The van der Waals surface area contributed by atoms with E-state index in [1.54, 1.807) is 0 Å². The number of nitrogens with two attached hydrogens (primary N) is 1. The Balaban J connectivity index is 0.000000158. The molecule has 1 aliphatic carbocycles. The maximum atomic E-state index is 11.0. The molecule has 0 aromatic heterocycles. The van der Waals surface area contributed by atoms with E-state index in [1.807, 2.05) is 6.07 Å². The first-order chi connectivity index (χ1) is 15.2. The number of aryl methyl sites for hydroxylation is 1. The lowest BCUT2D eigenvalue weighted by Crippen LogP contribution is -2.33. The van der Waals surface area contributed by atoms with E-state index >= 15 is 0 Å². The Kier molecular flexibility index (Phi) is 8.09. The van der Waals surface area contributed by atoms with Crippen molar-refractivity contribution in [1.82, 2.24) is 9.80 Å². The molecule has 172 valence electrons. The third-order valence-corrected chi connectivity index (χ3v) is 7.21. The van der Waals surface area contributed by atoms with Gasteiger partial charge in [-0.05, 0) is 88.8 Å². The smallest absolute Gasteiger partial charge is 0.221 e. The highest BCUT2D eigenvalue weighted by molar-refractivity contribution is 5.77. The van der Waals surface area contributed by atoms with Crippen molar-refractivity contribution in [2.45, 2.75) is 63.8 Å². The third-order valence-electron chi connectivity index (χ3n) is 7.21. The largest absolute Gasteiger partial charge is 0.486 e. The van der Waals surface area contributed by atoms with E-state index in [4.69, 9.17) is 15.2 Å². The number of carbonyl (C=O) groups excluding carboxylic acids is 1. The van der Waals surface area contributed by atoms with Gasteiger partial charge in [0.25, 0.3) is 0 Å². The summed E-state index contributed by atoms with van der Waals surface area (Å²) in [6, 6.07) is 7.10. The summed E-state index contributed by atoms with van der Waals surface area (Å²) < 4.78 is 11.1. The van der Waals surface area contributed by atoms with Gasteiger partial charge in [0.05, 0.1) is 5.92 Å². The van der Waals surface area contributed by atoms with Crippen molar-refractivity contribution in [1.29, 1.82) is 0 Å². The summed E-state index contributed by atoms with van der Waals surface area (Å²) in [6.45, 7) is 7.15. The maximum absolute atomic E-state index is 11.0. The zero-order chi connectivity index (χ0) is 21.5. The maximum Gasteiger partial charge on any atom is 0.221 e. The predicted octanol–water partition coefficient (Wildman–Crippen LogP) is 3.22. The Labute approximate surface area is 187 Å². The van der Waals surface area contributed by atoms with Crippen molar-refractivity contribution in [3.8, 4) is 11.5 Å². The minimum absolute atomic E-state index is 0.111. The highest BCUT2D eigenvalue weighted by Gasteiger charge is 2.32. The van der Waals surface area contributed by atoms with E-state index in [0.29, 0.717) is 13.2 Å². The number of likely N-dealkylation sites (tertiary alicyclic amines) is 2. The zero-order valence-corrected chi connectivity index (χ0v) is 18.9. The molecule has 3 fully saturated rings. The van der Waals surface area contributed by atoms with Gasteiger partial charge < -0.3 is 20.1 Å². The highest BCUT2D eigenvalue weighted by Crippen LogP contribution is 2.31. The van der Waals surface area contributed by atoms with Gasteiger partial charge in [-0.1, -0.05) is 18.9 Å². The summed E-state index contributed by atoms with van der Waals surface area (Å²) in [6.07, 6.45) is 11.5. The van der Waals surface area contributed by atoms with Crippen LogP contribution in [0.5, 0.6) is 11.5 Å². The summed E-state index contributed by atoms with van der Waals surface area (Å²) >= 11 is 0. The van der Waals surface area contributed by atoms with Gasteiger partial charge in [0.1, 0.15) is 13.2 Å². The molecule has 1 atom stereocenters. The molecule has 1 aromatic carbocycles. The molecule has 1 aromatic rings. The van der Waals surface area contributed by atoms with Crippen molar-refractivity contribution < 1.29 is 14.3 Å². The molecule has 6 nitrogen and oxygen atoms in total. The van der Waals surface area contributed by atoms with E-state index in [-0.39, 0.29) is 11.8 Å². The van der Waals surface area contributed by atoms with Crippen LogP contribution in [0.1, 0.15) is 56.9 Å². The van der Waals surface area contributed by atoms with Crippen molar-refractivity contribution in [2.24, 2.45) is 11.7 Å². The summed E-state index contributed by atoms with van der Waals surface area (Å²) in [5.41, 5.74) is 6.65.